The van der Waals surface area contributed by atoms with Gasteiger partial charge in [0.15, 0.2) is 0 Å². The van der Waals surface area contributed by atoms with Gasteiger partial charge in [0.1, 0.15) is 0 Å². The molecule has 5 nitrogen and oxygen atoms in total. The van der Waals surface area contributed by atoms with Crippen LogP contribution in [0.3, 0.4) is 0 Å². The number of nitrogens with zero attached hydrogens (tertiary/aromatic N) is 2. The zero-order valence-corrected chi connectivity index (χ0v) is 15.3. The molecule has 2 amide bonds. The summed E-state index contributed by atoms with van der Waals surface area (Å²) in [5.41, 5.74) is 2.34. The Morgan fingerprint density at radius 1 is 1.08 bits per heavy atom. The van der Waals surface area contributed by atoms with E-state index >= 15 is 0 Å². The molecule has 0 radical (unpaired) electrons. The molecule has 0 unspecified atom stereocenters. The quantitative estimate of drug-likeness (QED) is 0.891. The van der Waals surface area contributed by atoms with Crippen molar-refractivity contribution in [1.82, 2.24) is 15.1 Å². The van der Waals surface area contributed by atoms with Gasteiger partial charge in [-0.1, -0.05) is 29.8 Å². The highest BCUT2D eigenvalue weighted by Gasteiger charge is 2.39. The Kier molecular flexibility index (Phi) is 5.74. The number of likely N-dealkylation sites (tertiary alicyclic amines) is 2. The molecule has 2 heterocycles. The molecule has 0 aliphatic carbocycles. The molecule has 0 bridgehead atoms. The second-order valence-electron chi connectivity index (χ2n) is 7.36. The Morgan fingerprint density at radius 3 is 2.48 bits per heavy atom. The predicted molar refractivity (Wildman–Crippen MR) is 98.0 cm³/mol. The summed E-state index contributed by atoms with van der Waals surface area (Å²) in [5.74, 6) is 0.234. The van der Waals surface area contributed by atoms with Crippen LogP contribution in [0.4, 0.5) is 0 Å². The van der Waals surface area contributed by atoms with E-state index in [1.54, 1.807) is 6.92 Å². The molecule has 25 heavy (non-hydrogen) atoms. The molecular weight excluding hydrogens is 314 g/mol. The van der Waals surface area contributed by atoms with E-state index in [-0.39, 0.29) is 17.9 Å². The van der Waals surface area contributed by atoms with Gasteiger partial charge < -0.3 is 10.2 Å². The van der Waals surface area contributed by atoms with Crippen LogP contribution in [0, 0.1) is 6.92 Å². The van der Waals surface area contributed by atoms with Crippen LogP contribution in [0.5, 0.6) is 0 Å². The van der Waals surface area contributed by atoms with Crippen molar-refractivity contribution in [1.29, 1.82) is 0 Å². The fourth-order valence-corrected chi connectivity index (χ4v) is 4.21. The number of carbonyl (C=O) groups excluding carboxylic acids is 2. The Bertz CT molecular complexity index is 614. The number of aryl methyl sites for hydroxylation is 1. The van der Waals surface area contributed by atoms with E-state index in [0.29, 0.717) is 19.1 Å². The summed E-state index contributed by atoms with van der Waals surface area (Å²) in [6.07, 6.45) is 4.33. The van der Waals surface area contributed by atoms with Crippen molar-refractivity contribution in [2.45, 2.75) is 58.2 Å². The molecule has 1 N–H and O–H groups in total. The number of amides is 2. The molecule has 2 atom stereocenters. The first kappa shape index (κ1) is 17.9. The van der Waals surface area contributed by atoms with Crippen molar-refractivity contribution in [3.8, 4) is 0 Å². The Labute approximate surface area is 150 Å². The molecule has 3 rings (SSSR count). The molecule has 2 aliphatic heterocycles. The Morgan fingerprint density at radius 2 is 1.76 bits per heavy atom. The summed E-state index contributed by atoms with van der Waals surface area (Å²) in [4.78, 5) is 28.5. The topological polar surface area (TPSA) is 52.7 Å². The Hall–Kier alpha value is -1.88. The van der Waals surface area contributed by atoms with Gasteiger partial charge in [-0.05, 0) is 44.7 Å². The molecule has 5 heteroatoms. The van der Waals surface area contributed by atoms with Crippen LogP contribution < -0.4 is 5.32 Å². The van der Waals surface area contributed by atoms with Gasteiger partial charge >= 0.3 is 0 Å². The summed E-state index contributed by atoms with van der Waals surface area (Å²) in [6, 6.07) is 8.85. The van der Waals surface area contributed by atoms with Crippen LogP contribution in [0.2, 0.25) is 0 Å². The number of benzene rings is 1. The van der Waals surface area contributed by atoms with Crippen molar-refractivity contribution >= 4 is 11.8 Å². The van der Waals surface area contributed by atoms with Gasteiger partial charge in [-0.2, -0.15) is 0 Å². The SMILES string of the molecule is CC(=O)N1CCC[C@@H]1[C@@H]1CCCN1CC(=O)NCc1ccc(C)cc1. The molecule has 0 spiro atoms. The highest BCUT2D eigenvalue weighted by molar-refractivity contribution is 5.78. The van der Waals surface area contributed by atoms with Crippen molar-refractivity contribution in [2.75, 3.05) is 19.6 Å². The minimum atomic E-state index is 0.0693. The molecule has 1 aromatic carbocycles. The zero-order chi connectivity index (χ0) is 17.8. The van der Waals surface area contributed by atoms with Crippen LogP contribution in [0.25, 0.3) is 0 Å². The predicted octanol–water partition coefficient (Wildman–Crippen LogP) is 2.09. The number of hydrogen-bond donors (Lipinski definition) is 1. The summed E-state index contributed by atoms with van der Waals surface area (Å²) in [5, 5.41) is 3.03. The third-order valence-corrected chi connectivity index (χ3v) is 5.52. The van der Waals surface area contributed by atoms with Gasteiger partial charge in [0.25, 0.3) is 0 Å². The van der Waals surface area contributed by atoms with Gasteiger partial charge in [-0.3, -0.25) is 14.5 Å². The summed E-state index contributed by atoms with van der Waals surface area (Å²) in [6.45, 7) is 6.53. The first-order valence-electron chi connectivity index (χ1n) is 9.38. The lowest BCUT2D eigenvalue weighted by atomic mass is 10.0. The lowest BCUT2D eigenvalue weighted by Crippen LogP contribution is -2.50. The molecular formula is C20H29N3O2. The zero-order valence-electron chi connectivity index (χ0n) is 15.3. The van der Waals surface area contributed by atoms with Crippen LogP contribution in [-0.4, -0.2) is 53.3 Å². The van der Waals surface area contributed by atoms with Gasteiger partial charge in [0.05, 0.1) is 6.54 Å². The van der Waals surface area contributed by atoms with Crippen LogP contribution in [-0.2, 0) is 16.1 Å². The largest absolute Gasteiger partial charge is 0.351 e. The number of nitrogens with one attached hydrogen (secondary N) is 1. The molecule has 2 saturated heterocycles. The maximum Gasteiger partial charge on any atom is 0.234 e. The summed E-state index contributed by atoms with van der Waals surface area (Å²) >= 11 is 0. The minimum absolute atomic E-state index is 0.0693. The van der Waals surface area contributed by atoms with Crippen LogP contribution in [0.1, 0.15) is 43.7 Å². The first-order chi connectivity index (χ1) is 12.0. The maximum atomic E-state index is 12.4. The monoisotopic (exact) mass is 343 g/mol. The second kappa shape index (κ2) is 8.00. The van der Waals surface area contributed by atoms with Crippen molar-refractivity contribution in [3.63, 3.8) is 0 Å². The lowest BCUT2D eigenvalue weighted by molar-refractivity contribution is -0.130. The van der Waals surface area contributed by atoms with Crippen molar-refractivity contribution in [3.05, 3.63) is 35.4 Å². The summed E-state index contributed by atoms with van der Waals surface area (Å²) in [7, 11) is 0. The molecule has 0 saturated carbocycles. The number of rotatable bonds is 5. The summed E-state index contributed by atoms with van der Waals surface area (Å²) < 4.78 is 0. The first-order valence-corrected chi connectivity index (χ1v) is 9.38. The van der Waals surface area contributed by atoms with E-state index in [4.69, 9.17) is 0 Å². The molecule has 2 aliphatic rings. The van der Waals surface area contributed by atoms with Crippen LogP contribution in [0.15, 0.2) is 24.3 Å². The fourth-order valence-electron chi connectivity index (χ4n) is 4.21. The third kappa shape index (κ3) is 4.40. The van der Waals surface area contributed by atoms with Gasteiger partial charge in [0, 0.05) is 32.1 Å². The number of hydrogen-bond acceptors (Lipinski definition) is 3. The van der Waals surface area contributed by atoms with Gasteiger partial charge in [-0.15, -0.1) is 0 Å². The molecule has 1 aromatic rings. The Balaban J connectivity index is 1.53. The van der Waals surface area contributed by atoms with E-state index in [1.807, 2.05) is 4.90 Å². The average Bonchev–Trinajstić information content (AvgIpc) is 3.22. The standard InChI is InChI=1S/C20H29N3O2/c1-15-7-9-17(10-8-15)13-21-20(25)14-22-11-3-5-18(22)19-6-4-12-23(19)16(2)24/h7-10,18-19H,3-6,11-14H2,1-2H3,(H,21,25)/t18-,19+/m0/s1. The van der Waals surface area contributed by atoms with E-state index in [1.165, 1.54) is 5.56 Å². The smallest absolute Gasteiger partial charge is 0.234 e. The van der Waals surface area contributed by atoms with E-state index < -0.39 is 0 Å². The van der Waals surface area contributed by atoms with Crippen LogP contribution >= 0.6 is 0 Å². The average molecular weight is 343 g/mol. The maximum absolute atomic E-state index is 12.4. The fraction of sp³-hybridized carbons (Fsp3) is 0.600. The van der Waals surface area contributed by atoms with E-state index in [9.17, 15) is 9.59 Å². The third-order valence-electron chi connectivity index (χ3n) is 5.52. The van der Waals surface area contributed by atoms with Crippen molar-refractivity contribution in [2.24, 2.45) is 0 Å². The van der Waals surface area contributed by atoms with Gasteiger partial charge in [0.2, 0.25) is 11.8 Å². The molecule has 136 valence electrons. The molecule has 0 aromatic heterocycles. The highest BCUT2D eigenvalue weighted by Crippen LogP contribution is 2.29. The lowest BCUT2D eigenvalue weighted by Gasteiger charge is -2.34. The second-order valence-corrected chi connectivity index (χ2v) is 7.36. The van der Waals surface area contributed by atoms with E-state index in [0.717, 1.165) is 44.3 Å². The molecule has 2 fully saturated rings. The minimum Gasteiger partial charge on any atom is -0.351 e. The van der Waals surface area contributed by atoms with Crippen molar-refractivity contribution < 1.29 is 9.59 Å². The van der Waals surface area contributed by atoms with E-state index in [2.05, 4.69) is 41.4 Å². The number of carbonyl (C=O) groups is 2. The highest BCUT2D eigenvalue weighted by atomic mass is 16.2. The normalized spacial score (nSPS) is 23.8. The van der Waals surface area contributed by atoms with Gasteiger partial charge in [-0.25, -0.2) is 0 Å².